The van der Waals surface area contributed by atoms with Gasteiger partial charge in [-0.25, -0.2) is 0 Å². The van der Waals surface area contributed by atoms with E-state index in [1.165, 1.54) is 67.5 Å². The highest BCUT2D eigenvalue weighted by Crippen LogP contribution is 2.60. The Kier molecular flexibility index (Phi) is 5.35. The quantitative estimate of drug-likeness (QED) is 0.157. The van der Waals surface area contributed by atoms with Crippen molar-refractivity contribution in [1.82, 2.24) is 0 Å². The van der Waals surface area contributed by atoms with Gasteiger partial charge in [-0.15, -0.1) is 0 Å². The van der Waals surface area contributed by atoms with E-state index >= 15 is 0 Å². The van der Waals surface area contributed by atoms with Crippen molar-refractivity contribution < 1.29 is 0 Å². The summed E-state index contributed by atoms with van der Waals surface area (Å²) in [6, 6.07) is 56.1. The molecule has 0 aliphatic carbocycles. The van der Waals surface area contributed by atoms with E-state index in [0.717, 1.165) is 0 Å². The van der Waals surface area contributed by atoms with Gasteiger partial charge in [0, 0.05) is 5.41 Å². The molecule has 0 N–H and O–H groups in total. The van der Waals surface area contributed by atoms with Crippen molar-refractivity contribution in [3.8, 4) is 0 Å². The molecule has 0 radical (unpaired) electrons. The monoisotopic (exact) mass is 690 g/mol. The largest absolute Gasteiger partial charge is 0.325 e. The Morgan fingerprint density at radius 2 is 0.528 bits per heavy atom. The SMILES string of the molecule is CC12c3cccc(c3)C3(C)N4CN(c5ccccc54)C(C)(c4cccc1c4)N1CN(c4ccccc41)C(C)(c1cccc2c1)N1CN3c2ccccc21. The number of anilines is 6. The van der Waals surface area contributed by atoms with Gasteiger partial charge < -0.3 is 29.4 Å². The first kappa shape index (κ1) is 29.7. The van der Waals surface area contributed by atoms with E-state index in [9.17, 15) is 0 Å². The van der Waals surface area contributed by atoms with Gasteiger partial charge >= 0.3 is 0 Å². The molecule has 0 aromatic heterocycles. The lowest BCUT2D eigenvalue weighted by molar-refractivity contribution is 0.336. The van der Waals surface area contributed by atoms with E-state index in [1.807, 2.05) is 0 Å². The molecule has 12 rings (SSSR count). The third kappa shape index (κ3) is 3.29. The van der Waals surface area contributed by atoms with Crippen molar-refractivity contribution in [1.29, 1.82) is 0 Å². The van der Waals surface area contributed by atoms with Crippen LogP contribution in [-0.2, 0) is 22.4 Å². The van der Waals surface area contributed by atoms with Gasteiger partial charge in [-0.1, -0.05) is 109 Å². The van der Waals surface area contributed by atoms with Crippen LogP contribution in [0, 0.1) is 0 Å². The van der Waals surface area contributed by atoms with Gasteiger partial charge in [-0.2, -0.15) is 0 Å². The zero-order valence-corrected chi connectivity index (χ0v) is 30.7. The van der Waals surface area contributed by atoms with E-state index < -0.39 is 22.4 Å². The van der Waals surface area contributed by atoms with E-state index in [4.69, 9.17) is 0 Å². The van der Waals surface area contributed by atoms with Crippen molar-refractivity contribution in [2.24, 2.45) is 0 Å². The first-order chi connectivity index (χ1) is 25.8. The molecule has 6 aliphatic heterocycles. The predicted octanol–water partition coefficient (Wildman–Crippen LogP) is 9.45. The van der Waals surface area contributed by atoms with Crippen LogP contribution < -0.4 is 29.4 Å². The molecular weight excluding hydrogens is 649 g/mol. The Hall–Kier alpha value is -5.88. The molecule has 0 spiro atoms. The van der Waals surface area contributed by atoms with E-state index in [-0.39, 0.29) is 0 Å². The topological polar surface area (TPSA) is 19.4 Å². The molecule has 0 saturated heterocycles. The summed E-state index contributed by atoms with van der Waals surface area (Å²) < 4.78 is 0. The molecular formula is C47H42N6. The summed E-state index contributed by atoms with van der Waals surface area (Å²) in [5.74, 6) is 0. The van der Waals surface area contributed by atoms with Crippen LogP contribution in [0.25, 0.3) is 0 Å². The second-order valence-electron chi connectivity index (χ2n) is 16.4. The molecule has 6 nitrogen and oxygen atoms in total. The fraction of sp³-hybridized carbons (Fsp3) is 0.234. The average Bonchev–Trinajstić information content (AvgIpc) is 3.93. The molecule has 6 aromatic carbocycles. The highest BCUT2D eigenvalue weighted by molar-refractivity contribution is 5.88. The van der Waals surface area contributed by atoms with Crippen LogP contribution >= 0.6 is 0 Å². The molecule has 260 valence electrons. The molecule has 0 amide bonds. The lowest BCUT2D eigenvalue weighted by Crippen LogP contribution is -2.66. The van der Waals surface area contributed by atoms with Crippen LogP contribution in [-0.4, -0.2) is 20.0 Å². The number of hydrogen-bond donors (Lipinski definition) is 0. The second kappa shape index (κ2) is 9.56. The van der Waals surface area contributed by atoms with Crippen LogP contribution in [0.2, 0.25) is 0 Å². The van der Waals surface area contributed by atoms with Crippen LogP contribution in [0.1, 0.15) is 61.1 Å². The molecule has 6 aromatic rings. The van der Waals surface area contributed by atoms with Crippen LogP contribution in [0.3, 0.4) is 0 Å². The molecule has 0 fully saturated rings. The number of nitrogens with zero attached hydrogens (tertiary/aromatic N) is 6. The molecule has 53 heavy (non-hydrogen) atoms. The fourth-order valence-electron chi connectivity index (χ4n) is 11.1. The number of benzene rings is 6. The standard InChI is InChI=1S/C47H42N6/c1-44-32-14-11-17-35(26-32)45(2)48-29-50(40-22-7-5-20-38(40)48)46(3,36-18-12-15-33(44)27-36)52-31-53(43-25-10-9-24-42(43)52)47(4,37-19-13-16-34(44)28-37)51-30-49(45)39-21-6-8-23-41(39)51/h5-28H,29-31H2,1-4H3. The number of hydrogen-bond acceptors (Lipinski definition) is 6. The van der Waals surface area contributed by atoms with Gasteiger partial charge in [0.15, 0.2) is 0 Å². The predicted molar refractivity (Wildman–Crippen MR) is 216 cm³/mol. The van der Waals surface area contributed by atoms with Gasteiger partial charge in [0.05, 0.1) is 54.1 Å². The lowest BCUT2D eigenvalue weighted by Gasteiger charge is -2.55. The third-order valence-electron chi connectivity index (χ3n) is 14.4. The summed E-state index contributed by atoms with van der Waals surface area (Å²) in [6.45, 7) is 12.0. The van der Waals surface area contributed by atoms with Gasteiger partial charge in [0.1, 0.15) is 17.0 Å². The zero-order valence-electron chi connectivity index (χ0n) is 30.7. The van der Waals surface area contributed by atoms with Gasteiger partial charge in [-0.05, 0) is 97.5 Å². The van der Waals surface area contributed by atoms with Crippen LogP contribution in [0.15, 0.2) is 146 Å². The number of para-hydroxylation sites is 6. The fourth-order valence-corrected chi connectivity index (χ4v) is 11.1. The van der Waals surface area contributed by atoms with Crippen LogP contribution in [0.5, 0.6) is 0 Å². The van der Waals surface area contributed by atoms with Gasteiger partial charge in [0.2, 0.25) is 0 Å². The average molecular weight is 691 g/mol. The van der Waals surface area contributed by atoms with Crippen molar-refractivity contribution in [3.05, 3.63) is 179 Å². The highest BCUT2D eigenvalue weighted by atomic mass is 15.6. The number of rotatable bonds is 0. The summed E-state index contributed by atoms with van der Waals surface area (Å²) in [4.78, 5) is 16.2. The summed E-state index contributed by atoms with van der Waals surface area (Å²) in [5, 5.41) is 0. The maximum absolute atomic E-state index is 2.70. The Bertz CT molecular complexity index is 2180. The van der Waals surface area contributed by atoms with E-state index in [1.54, 1.807) is 0 Å². The minimum absolute atomic E-state index is 0.438. The van der Waals surface area contributed by atoms with E-state index in [2.05, 4.69) is 203 Å². The summed E-state index contributed by atoms with van der Waals surface area (Å²) in [5.41, 5.74) is 13.2. The molecule has 0 atom stereocenters. The first-order valence-electron chi connectivity index (χ1n) is 19.0. The van der Waals surface area contributed by atoms with Crippen molar-refractivity contribution >= 4 is 34.1 Å². The van der Waals surface area contributed by atoms with Crippen molar-refractivity contribution in [2.45, 2.75) is 50.1 Å². The summed E-state index contributed by atoms with van der Waals surface area (Å²) >= 11 is 0. The molecule has 6 heteroatoms. The Labute approximate surface area is 311 Å². The maximum Gasteiger partial charge on any atom is 0.139 e. The third-order valence-corrected chi connectivity index (χ3v) is 14.4. The second-order valence-corrected chi connectivity index (χ2v) is 16.4. The van der Waals surface area contributed by atoms with Crippen molar-refractivity contribution in [3.63, 3.8) is 0 Å². The minimum atomic E-state index is -0.565. The summed E-state index contributed by atoms with van der Waals surface area (Å²) in [7, 11) is 0. The molecule has 16 bridgehead atoms. The highest BCUT2D eigenvalue weighted by Gasteiger charge is 2.59. The Morgan fingerprint density at radius 3 is 0.774 bits per heavy atom. The lowest BCUT2D eigenvalue weighted by atomic mass is 9.69. The first-order valence-corrected chi connectivity index (χ1v) is 19.0. The minimum Gasteiger partial charge on any atom is -0.325 e. The van der Waals surface area contributed by atoms with Gasteiger partial charge in [0.25, 0.3) is 0 Å². The number of fused-ring (bicyclic) bond motifs is 21. The van der Waals surface area contributed by atoms with Gasteiger partial charge in [-0.3, -0.25) is 0 Å². The maximum atomic E-state index is 2.70. The van der Waals surface area contributed by atoms with Crippen LogP contribution in [0.4, 0.5) is 34.1 Å². The van der Waals surface area contributed by atoms with E-state index in [0.29, 0.717) is 20.0 Å². The smallest absolute Gasteiger partial charge is 0.139 e. The zero-order chi connectivity index (χ0) is 35.5. The van der Waals surface area contributed by atoms with Crippen molar-refractivity contribution in [2.75, 3.05) is 49.4 Å². The Balaban J connectivity index is 1.35. The molecule has 6 heterocycles. The summed E-state index contributed by atoms with van der Waals surface area (Å²) in [6.07, 6.45) is 0. The Morgan fingerprint density at radius 1 is 0.302 bits per heavy atom. The molecule has 6 aliphatic rings. The molecule has 0 saturated carbocycles. The molecule has 0 unspecified atom stereocenters. The normalized spacial score (nSPS) is 27.8.